The van der Waals surface area contributed by atoms with E-state index >= 15 is 0 Å². The average Bonchev–Trinajstić information content (AvgIpc) is 2.66. The minimum atomic E-state index is -0.808. The maximum atomic E-state index is 11.8. The van der Waals surface area contributed by atoms with Crippen LogP contribution in [-0.4, -0.2) is 35.9 Å². The number of para-hydroxylation sites is 1. The molecule has 2 N–H and O–H groups in total. The summed E-state index contributed by atoms with van der Waals surface area (Å²) >= 11 is 3.28. The van der Waals surface area contributed by atoms with Gasteiger partial charge in [0, 0.05) is 16.6 Å². The van der Waals surface area contributed by atoms with Crippen LogP contribution in [0.5, 0.6) is 0 Å². The van der Waals surface area contributed by atoms with Crippen LogP contribution in [0.25, 0.3) is 0 Å². The van der Waals surface area contributed by atoms with E-state index in [9.17, 15) is 24.5 Å². The van der Waals surface area contributed by atoms with Crippen molar-refractivity contribution in [1.29, 1.82) is 0 Å². The molecule has 140 valence electrons. The summed E-state index contributed by atoms with van der Waals surface area (Å²) in [5.74, 6) is -1.91. The molecule has 2 rings (SSSR count). The Morgan fingerprint density at radius 1 is 1.04 bits per heavy atom. The largest absolute Gasteiger partial charge is 0.452 e. The van der Waals surface area contributed by atoms with E-state index in [2.05, 4.69) is 26.6 Å². The summed E-state index contributed by atoms with van der Waals surface area (Å²) in [7, 11) is 0. The van der Waals surface area contributed by atoms with Gasteiger partial charge in [0.2, 0.25) is 5.91 Å². The highest BCUT2D eigenvalue weighted by atomic mass is 79.9. The zero-order chi connectivity index (χ0) is 19.8. The van der Waals surface area contributed by atoms with Crippen molar-refractivity contribution < 1.29 is 24.0 Å². The minimum absolute atomic E-state index is 0.0695. The Hall–Kier alpha value is -3.27. The molecule has 2 amide bonds. The number of nitrogens with one attached hydrogen (secondary N) is 2. The van der Waals surface area contributed by atoms with Crippen molar-refractivity contribution in [2.45, 2.75) is 0 Å². The van der Waals surface area contributed by atoms with Crippen LogP contribution in [0.2, 0.25) is 0 Å². The smallest absolute Gasteiger partial charge is 0.338 e. The van der Waals surface area contributed by atoms with Crippen LogP contribution >= 0.6 is 15.9 Å². The second-order valence-corrected chi connectivity index (χ2v) is 6.04. The van der Waals surface area contributed by atoms with Crippen LogP contribution in [-0.2, 0) is 14.3 Å². The molecule has 0 aliphatic heterocycles. The van der Waals surface area contributed by atoms with Crippen molar-refractivity contribution in [3.8, 4) is 0 Å². The lowest BCUT2D eigenvalue weighted by Crippen LogP contribution is -2.35. The number of carbonyl (C=O) groups excluding carboxylic acids is 3. The third-order valence-corrected chi connectivity index (χ3v) is 3.93. The third-order valence-electron chi connectivity index (χ3n) is 3.24. The van der Waals surface area contributed by atoms with Crippen molar-refractivity contribution in [2.24, 2.45) is 0 Å². The van der Waals surface area contributed by atoms with Crippen molar-refractivity contribution in [3.05, 3.63) is 68.7 Å². The SMILES string of the molecule is O=C(COC(=O)c1ccc([N+](=O)[O-])cc1)NCC(=O)Nc1ccccc1Br. The molecule has 10 heteroatoms. The van der Waals surface area contributed by atoms with Gasteiger partial charge in [-0.3, -0.25) is 19.7 Å². The van der Waals surface area contributed by atoms with Crippen LogP contribution in [0.4, 0.5) is 11.4 Å². The monoisotopic (exact) mass is 435 g/mol. The van der Waals surface area contributed by atoms with Gasteiger partial charge in [0.25, 0.3) is 11.6 Å². The molecule has 0 saturated heterocycles. The van der Waals surface area contributed by atoms with Gasteiger partial charge in [-0.2, -0.15) is 0 Å². The lowest BCUT2D eigenvalue weighted by Gasteiger charge is -2.09. The van der Waals surface area contributed by atoms with Crippen LogP contribution in [0, 0.1) is 10.1 Å². The Kier molecular flexibility index (Phi) is 7.00. The minimum Gasteiger partial charge on any atom is -0.452 e. The molecular weight excluding hydrogens is 422 g/mol. The molecule has 27 heavy (non-hydrogen) atoms. The van der Waals surface area contributed by atoms with Crippen LogP contribution in [0.15, 0.2) is 53.0 Å². The second kappa shape index (κ2) is 9.43. The molecule has 0 fully saturated rings. The number of carbonyl (C=O) groups is 3. The normalized spacial score (nSPS) is 9.96. The summed E-state index contributed by atoms with van der Waals surface area (Å²) in [6, 6.07) is 11.7. The molecule has 0 bridgehead atoms. The quantitative estimate of drug-likeness (QED) is 0.390. The lowest BCUT2D eigenvalue weighted by molar-refractivity contribution is -0.384. The van der Waals surface area contributed by atoms with Crippen molar-refractivity contribution in [2.75, 3.05) is 18.5 Å². The van der Waals surface area contributed by atoms with Gasteiger partial charge >= 0.3 is 5.97 Å². The molecule has 0 saturated carbocycles. The Labute approximate surface area is 162 Å². The Morgan fingerprint density at radius 2 is 1.70 bits per heavy atom. The Balaban J connectivity index is 1.75. The summed E-state index contributed by atoms with van der Waals surface area (Å²) in [4.78, 5) is 45.2. The van der Waals surface area contributed by atoms with Crippen molar-refractivity contribution in [1.82, 2.24) is 5.32 Å². The number of halogens is 1. The van der Waals surface area contributed by atoms with E-state index in [-0.39, 0.29) is 17.8 Å². The molecule has 0 aromatic heterocycles. The lowest BCUT2D eigenvalue weighted by atomic mass is 10.2. The fourth-order valence-corrected chi connectivity index (χ4v) is 2.30. The molecule has 2 aromatic carbocycles. The third kappa shape index (κ3) is 6.19. The Bertz CT molecular complexity index is 869. The number of anilines is 1. The molecule has 0 atom stereocenters. The van der Waals surface area contributed by atoms with Crippen molar-refractivity contribution >= 4 is 45.1 Å². The summed E-state index contributed by atoms with van der Waals surface area (Å²) in [6.07, 6.45) is 0. The fourth-order valence-electron chi connectivity index (χ4n) is 1.92. The first-order valence-electron chi connectivity index (χ1n) is 7.59. The van der Waals surface area contributed by atoms with Gasteiger partial charge in [0.1, 0.15) is 0 Å². The van der Waals surface area contributed by atoms with Gasteiger partial charge in [0.15, 0.2) is 6.61 Å². The Morgan fingerprint density at radius 3 is 2.33 bits per heavy atom. The number of benzene rings is 2. The van der Waals surface area contributed by atoms with E-state index < -0.39 is 29.3 Å². The van der Waals surface area contributed by atoms with Gasteiger partial charge in [-0.15, -0.1) is 0 Å². The standard InChI is InChI=1S/C17H14BrN3O6/c18-13-3-1-2-4-14(13)20-15(22)9-19-16(23)10-27-17(24)11-5-7-12(8-6-11)21(25)26/h1-8H,9-10H2,(H,19,23)(H,20,22). The predicted octanol–water partition coefficient (Wildman–Crippen LogP) is 2.27. The number of nitro groups is 1. The van der Waals surface area contributed by atoms with E-state index in [0.29, 0.717) is 10.2 Å². The van der Waals surface area contributed by atoms with Gasteiger partial charge in [-0.25, -0.2) is 4.79 Å². The molecule has 0 aliphatic rings. The number of hydrogen-bond donors (Lipinski definition) is 2. The molecule has 0 spiro atoms. The van der Waals surface area contributed by atoms with Crippen LogP contribution < -0.4 is 10.6 Å². The number of amides is 2. The predicted molar refractivity (Wildman–Crippen MR) is 99.2 cm³/mol. The van der Waals surface area contributed by atoms with Crippen LogP contribution in [0.1, 0.15) is 10.4 Å². The van der Waals surface area contributed by atoms with E-state index in [4.69, 9.17) is 4.74 Å². The maximum Gasteiger partial charge on any atom is 0.338 e. The van der Waals surface area contributed by atoms with E-state index in [1.807, 2.05) is 0 Å². The second-order valence-electron chi connectivity index (χ2n) is 5.18. The number of hydrogen-bond acceptors (Lipinski definition) is 6. The number of rotatable bonds is 7. The first-order chi connectivity index (χ1) is 12.9. The summed E-state index contributed by atoms with van der Waals surface area (Å²) in [5, 5.41) is 15.5. The molecule has 9 nitrogen and oxygen atoms in total. The molecule has 0 aliphatic carbocycles. The average molecular weight is 436 g/mol. The van der Waals surface area contributed by atoms with Crippen LogP contribution in [0.3, 0.4) is 0 Å². The highest BCUT2D eigenvalue weighted by molar-refractivity contribution is 9.10. The maximum absolute atomic E-state index is 11.8. The van der Waals surface area contributed by atoms with Crippen molar-refractivity contribution in [3.63, 3.8) is 0 Å². The molecule has 0 unspecified atom stereocenters. The van der Waals surface area contributed by atoms with E-state index in [0.717, 1.165) is 12.1 Å². The number of esters is 1. The first kappa shape index (κ1) is 20.0. The highest BCUT2D eigenvalue weighted by Crippen LogP contribution is 2.20. The zero-order valence-corrected chi connectivity index (χ0v) is 15.4. The van der Waals surface area contributed by atoms with E-state index in [1.165, 1.54) is 12.1 Å². The molecule has 0 radical (unpaired) electrons. The number of nitro benzene ring substituents is 1. The van der Waals surface area contributed by atoms with Gasteiger partial charge in [0.05, 0.1) is 22.7 Å². The van der Waals surface area contributed by atoms with Gasteiger partial charge in [-0.05, 0) is 40.2 Å². The summed E-state index contributed by atoms with van der Waals surface area (Å²) in [6.45, 7) is -0.882. The summed E-state index contributed by atoms with van der Waals surface area (Å²) in [5.41, 5.74) is 0.460. The van der Waals surface area contributed by atoms with E-state index in [1.54, 1.807) is 24.3 Å². The van der Waals surface area contributed by atoms with Gasteiger partial charge in [-0.1, -0.05) is 12.1 Å². The van der Waals surface area contributed by atoms with Gasteiger partial charge < -0.3 is 15.4 Å². The zero-order valence-electron chi connectivity index (χ0n) is 13.8. The highest BCUT2D eigenvalue weighted by Gasteiger charge is 2.13. The number of non-ortho nitro benzene ring substituents is 1. The number of nitrogens with zero attached hydrogens (tertiary/aromatic N) is 1. The first-order valence-corrected chi connectivity index (χ1v) is 8.39. The topological polar surface area (TPSA) is 128 Å². The number of ether oxygens (including phenoxy) is 1. The molecule has 0 heterocycles. The summed E-state index contributed by atoms with van der Waals surface area (Å²) < 4.78 is 5.50. The fraction of sp³-hybridized carbons (Fsp3) is 0.118. The molecule has 2 aromatic rings. The molecular formula is C17H14BrN3O6.